The highest BCUT2D eigenvalue weighted by Gasteiger charge is 2.25. The van der Waals surface area contributed by atoms with Crippen LogP contribution in [0.3, 0.4) is 0 Å². The number of carbonyl (C=O) groups excluding carboxylic acids is 1. The van der Waals surface area contributed by atoms with Gasteiger partial charge in [-0.25, -0.2) is 24.1 Å². The topological polar surface area (TPSA) is 101 Å². The zero-order valence-electron chi connectivity index (χ0n) is 20.7. The van der Waals surface area contributed by atoms with Crippen LogP contribution in [-0.2, 0) is 6.54 Å². The van der Waals surface area contributed by atoms with Crippen LogP contribution in [0.15, 0.2) is 65.5 Å². The van der Waals surface area contributed by atoms with Crippen molar-refractivity contribution in [3.63, 3.8) is 0 Å². The van der Waals surface area contributed by atoms with E-state index in [1.807, 2.05) is 29.7 Å². The van der Waals surface area contributed by atoms with E-state index in [0.717, 1.165) is 39.6 Å². The number of halogens is 1. The number of nitrogens with zero attached hydrogens (tertiary/aromatic N) is 5. The maximum Gasteiger partial charge on any atom is 0.317 e. The van der Waals surface area contributed by atoms with Gasteiger partial charge in [-0.3, -0.25) is 4.40 Å². The molecule has 6 rings (SSSR count). The molecule has 4 aromatic heterocycles. The molecule has 1 saturated heterocycles. The number of rotatable bonds is 6. The SMILES string of the molecule is Cc1cn2c(-c3ccnc(N[C@@H]4CCCN(C(=O)NCc5ccco5)C4)n3)c(-c3ccc(F)cc3)nc2s1. The zero-order valence-corrected chi connectivity index (χ0v) is 21.5. The van der Waals surface area contributed by atoms with Crippen molar-refractivity contribution in [2.75, 3.05) is 18.4 Å². The smallest absolute Gasteiger partial charge is 0.317 e. The molecule has 11 heteroatoms. The van der Waals surface area contributed by atoms with E-state index in [-0.39, 0.29) is 17.9 Å². The van der Waals surface area contributed by atoms with Crippen molar-refractivity contribution >= 4 is 28.3 Å². The first kappa shape index (κ1) is 24.1. The number of nitrogens with one attached hydrogen (secondary N) is 2. The molecule has 0 spiro atoms. The molecule has 5 aromatic rings. The molecular formula is C27H26FN7O2S. The maximum atomic E-state index is 13.6. The minimum atomic E-state index is -0.295. The Hall–Kier alpha value is -4.25. The quantitative estimate of drug-likeness (QED) is 0.307. The number of urea groups is 1. The van der Waals surface area contributed by atoms with Crippen molar-refractivity contribution in [1.29, 1.82) is 0 Å². The number of amides is 2. The van der Waals surface area contributed by atoms with Gasteiger partial charge in [0, 0.05) is 42.0 Å². The molecule has 2 N–H and O–H groups in total. The van der Waals surface area contributed by atoms with Crippen LogP contribution in [-0.4, -0.2) is 49.4 Å². The van der Waals surface area contributed by atoms with Gasteiger partial charge in [0.05, 0.1) is 24.2 Å². The molecule has 5 heterocycles. The summed E-state index contributed by atoms with van der Waals surface area (Å²) >= 11 is 1.59. The number of likely N-dealkylation sites (tertiary alicyclic amines) is 1. The van der Waals surface area contributed by atoms with E-state index in [1.54, 1.807) is 46.9 Å². The third kappa shape index (κ3) is 4.97. The van der Waals surface area contributed by atoms with Crippen molar-refractivity contribution in [3.8, 4) is 22.6 Å². The number of carbonyl (C=O) groups is 1. The molecule has 1 aliphatic rings. The molecule has 2 amide bonds. The summed E-state index contributed by atoms with van der Waals surface area (Å²) < 4.78 is 20.9. The van der Waals surface area contributed by atoms with Crippen LogP contribution in [0.25, 0.3) is 27.6 Å². The number of aryl methyl sites for hydroxylation is 1. The summed E-state index contributed by atoms with van der Waals surface area (Å²) in [6.07, 6.45) is 7.11. The van der Waals surface area contributed by atoms with E-state index in [4.69, 9.17) is 14.4 Å². The fourth-order valence-electron chi connectivity index (χ4n) is 4.72. The van der Waals surface area contributed by atoms with Gasteiger partial charge in [-0.15, -0.1) is 11.3 Å². The lowest BCUT2D eigenvalue weighted by Gasteiger charge is -2.33. The van der Waals surface area contributed by atoms with E-state index in [9.17, 15) is 9.18 Å². The van der Waals surface area contributed by atoms with Crippen molar-refractivity contribution < 1.29 is 13.6 Å². The van der Waals surface area contributed by atoms with Gasteiger partial charge in [-0.05, 0) is 62.2 Å². The lowest BCUT2D eigenvalue weighted by Crippen LogP contribution is -2.49. The number of furan rings is 1. The van der Waals surface area contributed by atoms with Gasteiger partial charge in [0.15, 0.2) is 4.96 Å². The van der Waals surface area contributed by atoms with Crippen LogP contribution < -0.4 is 10.6 Å². The molecule has 9 nitrogen and oxygen atoms in total. The minimum Gasteiger partial charge on any atom is -0.467 e. The largest absolute Gasteiger partial charge is 0.467 e. The molecule has 1 atom stereocenters. The molecule has 1 aromatic carbocycles. The highest BCUT2D eigenvalue weighted by Crippen LogP contribution is 2.34. The van der Waals surface area contributed by atoms with Crippen LogP contribution in [0.2, 0.25) is 0 Å². The summed E-state index contributed by atoms with van der Waals surface area (Å²) in [5.41, 5.74) is 3.07. The Morgan fingerprint density at radius 3 is 2.89 bits per heavy atom. The number of thiazole rings is 1. The Balaban J connectivity index is 1.22. The third-order valence-corrected chi connectivity index (χ3v) is 7.39. The number of hydrogen-bond donors (Lipinski definition) is 2. The van der Waals surface area contributed by atoms with Gasteiger partial charge in [0.2, 0.25) is 5.95 Å². The van der Waals surface area contributed by atoms with E-state index < -0.39 is 0 Å². The number of fused-ring (bicyclic) bond motifs is 1. The Morgan fingerprint density at radius 2 is 2.08 bits per heavy atom. The molecule has 0 bridgehead atoms. The Morgan fingerprint density at radius 1 is 1.21 bits per heavy atom. The second-order valence-electron chi connectivity index (χ2n) is 9.24. The fourth-order valence-corrected chi connectivity index (χ4v) is 5.55. The second kappa shape index (κ2) is 10.3. The number of aromatic nitrogens is 4. The lowest BCUT2D eigenvalue weighted by molar-refractivity contribution is 0.181. The zero-order chi connectivity index (χ0) is 26.1. The van der Waals surface area contributed by atoms with Gasteiger partial charge >= 0.3 is 6.03 Å². The average Bonchev–Trinajstić information content (AvgIpc) is 3.64. The molecule has 0 saturated carbocycles. The molecule has 38 heavy (non-hydrogen) atoms. The van der Waals surface area contributed by atoms with E-state index in [0.29, 0.717) is 37.0 Å². The van der Waals surface area contributed by atoms with Crippen LogP contribution in [0.1, 0.15) is 23.5 Å². The summed E-state index contributed by atoms with van der Waals surface area (Å²) in [5, 5.41) is 6.33. The summed E-state index contributed by atoms with van der Waals surface area (Å²) in [7, 11) is 0. The molecule has 1 fully saturated rings. The fraction of sp³-hybridized carbons (Fsp3) is 0.259. The minimum absolute atomic E-state index is 0.0128. The summed E-state index contributed by atoms with van der Waals surface area (Å²) in [5.74, 6) is 0.902. The summed E-state index contributed by atoms with van der Waals surface area (Å²) in [6, 6.07) is 11.7. The van der Waals surface area contributed by atoms with Crippen LogP contribution in [0.4, 0.5) is 15.1 Å². The van der Waals surface area contributed by atoms with Gasteiger partial charge in [-0.2, -0.15) is 0 Å². The number of benzene rings is 1. The van der Waals surface area contributed by atoms with Crippen LogP contribution >= 0.6 is 11.3 Å². The monoisotopic (exact) mass is 531 g/mol. The number of piperidine rings is 1. The Kier molecular flexibility index (Phi) is 6.50. The van der Waals surface area contributed by atoms with Gasteiger partial charge < -0.3 is 20.0 Å². The van der Waals surface area contributed by atoms with Gasteiger partial charge in [0.1, 0.15) is 17.3 Å². The number of imidazole rings is 1. The highest BCUT2D eigenvalue weighted by molar-refractivity contribution is 7.17. The maximum absolute atomic E-state index is 13.6. The van der Waals surface area contributed by atoms with Crippen molar-refractivity contribution in [3.05, 3.63) is 77.6 Å². The van der Waals surface area contributed by atoms with Gasteiger partial charge in [-0.1, -0.05) is 0 Å². The molecule has 0 unspecified atom stereocenters. The average molecular weight is 532 g/mol. The predicted molar refractivity (Wildman–Crippen MR) is 143 cm³/mol. The first-order valence-corrected chi connectivity index (χ1v) is 13.2. The normalized spacial score (nSPS) is 15.6. The standard InChI is InChI=1S/C27H26FN7O2S/c1-17-15-35-24(23(33-27(35)38-17)18-6-8-19(28)9-7-18)22-10-11-29-25(32-22)31-20-4-2-12-34(16-20)26(36)30-14-21-5-3-13-37-21/h3,5-11,13,15,20H,2,4,12,14,16H2,1H3,(H,30,36)(H,29,31,32)/t20-/m1/s1. The number of anilines is 1. The van der Waals surface area contributed by atoms with Gasteiger partial charge in [0.25, 0.3) is 0 Å². The molecular weight excluding hydrogens is 505 g/mol. The number of hydrogen-bond acceptors (Lipinski definition) is 7. The van der Waals surface area contributed by atoms with Crippen LogP contribution in [0.5, 0.6) is 0 Å². The van der Waals surface area contributed by atoms with E-state index in [1.165, 1.54) is 12.1 Å². The van der Waals surface area contributed by atoms with Crippen molar-refractivity contribution in [2.45, 2.75) is 32.4 Å². The first-order valence-electron chi connectivity index (χ1n) is 12.4. The molecule has 194 valence electrons. The Labute approximate surface area is 222 Å². The highest BCUT2D eigenvalue weighted by atomic mass is 32.1. The molecule has 0 radical (unpaired) electrons. The lowest BCUT2D eigenvalue weighted by atomic mass is 10.1. The third-order valence-electron chi connectivity index (χ3n) is 6.49. The molecule has 1 aliphatic heterocycles. The summed E-state index contributed by atoms with van der Waals surface area (Å²) in [6.45, 7) is 3.62. The van der Waals surface area contributed by atoms with E-state index in [2.05, 4.69) is 15.6 Å². The second-order valence-corrected chi connectivity index (χ2v) is 10.5. The first-order chi connectivity index (χ1) is 18.5. The summed E-state index contributed by atoms with van der Waals surface area (Å²) in [4.78, 5) is 30.6. The van der Waals surface area contributed by atoms with E-state index >= 15 is 0 Å². The van der Waals surface area contributed by atoms with Crippen molar-refractivity contribution in [1.82, 2.24) is 29.6 Å². The van der Waals surface area contributed by atoms with Crippen molar-refractivity contribution in [2.24, 2.45) is 0 Å². The predicted octanol–water partition coefficient (Wildman–Crippen LogP) is 5.35. The molecule has 0 aliphatic carbocycles. The Bertz CT molecular complexity index is 1560. The van der Waals surface area contributed by atoms with Crippen LogP contribution in [0, 0.1) is 12.7 Å².